The van der Waals surface area contributed by atoms with Gasteiger partial charge in [0.1, 0.15) is 0 Å². The van der Waals surface area contributed by atoms with Gasteiger partial charge in [0.15, 0.2) is 0 Å². The minimum absolute atomic E-state index is 0.0830. The van der Waals surface area contributed by atoms with Crippen LogP contribution in [0.15, 0.2) is 0 Å². The molecule has 0 spiro atoms. The van der Waals surface area contributed by atoms with E-state index >= 15 is 0 Å². The lowest BCUT2D eigenvalue weighted by Gasteiger charge is -2.55. The van der Waals surface area contributed by atoms with Crippen LogP contribution in [-0.2, 0) is 9.59 Å². The average Bonchev–Trinajstić information content (AvgIpc) is 3.18. The second-order valence-electron chi connectivity index (χ2n) is 19.1. The van der Waals surface area contributed by atoms with Crippen molar-refractivity contribution in [2.45, 2.75) is 207 Å². The van der Waals surface area contributed by atoms with Gasteiger partial charge in [0.05, 0.1) is 0 Å². The molecule has 0 unspecified atom stereocenters. The van der Waals surface area contributed by atoms with Crippen molar-refractivity contribution in [3.8, 4) is 0 Å². The molecule has 0 radical (unpaired) electrons. The van der Waals surface area contributed by atoms with Gasteiger partial charge in [0, 0.05) is 31.5 Å². The normalized spacial score (nSPS) is 21.4. The van der Waals surface area contributed by atoms with Gasteiger partial charge in [-0.15, -0.1) is 0 Å². The molecule has 328 valence electrons. The maximum absolute atomic E-state index is 13.7. The number of carbonyl (C=O) groups excluding carboxylic acids is 2. The van der Waals surface area contributed by atoms with Crippen molar-refractivity contribution in [3.05, 3.63) is 0 Å². The first-order valence-electron chi connectivity index (χ1n) is 25.1. The fraction of sp³-hybridized carbons (Fsp3) is 0.959. The lowest BCUT2D eigenvalue weighted by molar-refractivity contribution is -0.146. The number of amides is 2. The summed E-state index contributed by atoms with van der Waals surface area (Å²) in [6.07, 6.45) is 35.9. The largest absolute Gasteiger partial charge is 0.356 e. The fourth-order valence-corrected chi connectivity index (χ4v) is 11.0. The molecule has 0 aromatic heterocycles. The Hall–Kier alpha value is -1.18. The van der Waals surface area contributed by atoms with Crippen LogP contribution in [-0.4, -0.2) is 99.0 Å². The van der Waals surface area contributed by atoms with Crippen molar-refractivity contribution in [2.24, 2.45) is 23.2 Å². The molecule has 0 saturated heterocycles. The SMILES string of the molecule is CCCCCCCCCCCC(=O)N(CCCNC(=O)C12CC3CC(CC(C3)C1)C2)CCCN(CCCCCC)CCCCN(CCCCCC)CCCNC. The van der Waals surface area contributed by atoms with Crippen LogP contribution in [0.4, 0.5) is 0 Å². The molecular weight excluding hydrogens is 691 g/mol. The summed E-state index contributed by atoms with van der Waals surface area (Å²) >= 11 is 0. The van der Waals surface area contributed by atoms with Crippen LogP contribution in [0.25, 0.3) is 0 Å². The van der Waals surface area contributed by atoms with Gasteiger partial charge in [0.25, 0.3) is 0 Å². The van der Waals surface area contributed by atoms with Crippen molar-refractivity contribution in [3.63, 3.8) is 0 Å². The smallest absolute Gasteiger partial charge is 0.226 e. The third-order valence-electron chi connectivity index (χ3n) is 13.9. The number of hydrogen-bond donors (Lipinski definition) is 2. The minimum atomic E-state index is -0.0830. The zero-order chi connectivity index (χ0) is 40.1. The van der Waals surface area contributed by atoms with E-state index in [4.69, 9.17) is 0 Å². The number of unbranched alkanes of at least 4 members (excludes halogenated alkanes) is 15. The summed E-state index contributed by atoms with van der Waals surface area (Å²) in [5, 5.41) is 6.74. The molecule has 0 heterocycles. The van der Waals surface area contributed by atoms with Crippen LogP contribution in [0.2, 0.25) is 0 Å². The first-order valence-corrected chi connectivity index (χ1v) is 25.1. The van der Waals surface area contributed by atoms with E-state index < -0.39 is 0 Å². The number of hydrogen-bond acceptors (Lipinski definition) is 5. The van der Waals surface area contributed by atoms with E-state index in [0.29, 0.717) is 24.8 Å². The van der Waals surface area contributed by atoms with Gasteiger partial charge in [0.2, 0.25) is 11.8 Å². The molecule has 56 heavy (non-hydrogen) atoms. The zero-order valence-electron chi connectivity index (χ0n) is 38.0. The summed E-state index contributed by atoms with van der Waals surface area (Å²) in [5.41, 5.74) is -0.0830. The molecule has 4 aliphatic carbocycles. The maximum Gasteiger partial charge on any atom is 0.226 e. The first kappa shape index (κ1) is 49.2. The van der Waals surface area contributed by atoms with Gasteiger partial charge < -0.3 is 25.3 Å². The predicted octanol–water partition coefficient (Wildman–Crippen LogP) is 11.0. The predicted molar refractivity (Wildman–Crippen MR) is 240 cm³/mol. The Bertz CT molecular complexity index is 954. The van der Waals surface area contributed by atoms with E-state index in [2.05, 4.69) is 53.2 Å². The van der Waals surface area contributed by atoms with Crippen molar-refractivity contribution in [1.29, 1.82) is 0 Å². The second kappa shape index (κ2) is 30.8. The van der Waals surface area contributed by atoms with Gasteiger partial charge in [-0.05, 0) is 161 Å². The number of carbonyl (C=O) groups is 2. The van der Waals surface area contributed by atoms with Crippen LogP contribution >= 0.6 is 0 Å². The number of nitrogens with one attached hydrogen (secondary N) is 2. The lowest BCUT2D eigenvalue weighted by Crippen LogP contribution is -2.53. The number of nitrogens with zero attached hydrogens (tertiary/aromatic N) is 3. The Kier molecular flexibility index (Phi) is 27.1. The molecule has 0 aliphatic heterocycles. The Morgan fingerprint density at radius 2 is 0.875 bits per heavy atom. The minimum Gasteiger partial charge on any atom is -0.356 e. The highest BCUT2D eigenvalue weighted by Crippen LogP contribution is 2.60. The van der Waals surface area contributed by atoms with E-state index in [9.17, 15) is 9.59 Å². The van der Waals surface area contributed by atoms with E-state index in [-0.39, 0.29) is 5.41 Å². The third-order valence-corrected chi connectivity index (χ3v) is 13.9. The van der Waals surface area contributed by atoms with Crippen LogP contribution in [0.3, 0.4) is 0 Å². The molecule has 2 amide bonds. The summed E-state index contributed by atoms with van der Waals surface area (Å²) in [7, 11) is 2.07. The summed E-state index contributed by atoms with van der Waals surface area (Å²) in [6.45, 7) is 17.4. The highest BCUT2D eigenvalue weighted by Gasteiger charge is 2.54. The summed E-state index contributed by atoms with van der Waals surface area (Å²) in [4.78, 5) is 35.0. The Balaban J connectivity index is 1.47. The Morgan fingerprint density at radius 3 is 1.38 bits per heavy atom. The molecule has 4 saturated carbocycles. The summed E-state index contributed by atoms with van der Waals surface area (Å²) < 4.78 is 0. The molecule has 7 nitrogen and oxygen atoms in total. The van der Waals surface area contributed by atoms with Gasteiger partial charge in [-0.3, -0.25) is 9.59 Å². The van der Waals surface area contributed by atoms with E-state index in [1.165, 1.54) is 174 Å². The maximum atomic E-state index is 13.7. The molecule has 0 atom stereocenters. The van der Waals surface area contributed by atoms with Crippen LogP contribution < -0.4 is 10.6 Å². The quantitative estimate of drug-likeness (QED) is 0.0610. The van der Waals surface area contributed by atoms with Gasteiger partial charge in [-0.2, -0.15) is 0 Å². The molecule has 0 aromatic carbocycles. The third kappa shape index (κ3) is 20.2. The van der Waals surface area contributed by atoms with Crippen molar-refractivity contribution >= 4 is 11.8 Å². The molecule has 4 rings (SSSR count). The van der Waals surface area contributed by atoms with Gasteiger partial charge in [-0.1, -0.05) is 111 Å². The van der Waals surface area contributed by atoms with Crippen molar-refractivity contribution in [2.75, 3.05) is 72.5 Å². The molecule has 0 aromatic rings. The molecular formula is C49H95N5O2. The van der Waals surface area contributed by atoms with Crippen LogP contribution in [0, 0.1) is 23.2 Å². The zero-order valence-corrected chi connectivity index (χ0v) is 38.0. The molecule has 7 heteroatoms. The van der Waals surface area contributed by atoms with Crippen LogP contribution in [0.5, 0.6) is 0 Å². The monoisotopic (exact) mass is 786 g/mol. The summed E-state index contributed by atoms with van der Waals surface area (Å²) in [5.74, 6) is 3.04. The standard InChI is InChI=1S/C49H95N5O2/c1-5-8-11-14-15-16-17-18-19-27-47(55)54(36-25-29-51-48(56)49-41-44-38-45(42-49)40-46(39-44)43-49)37-26-35-53(31-21-13-10-7-3)33-23-22-32-52(34-24-28-50-4)30-20-12-9-6-2/h44-46,50H,5-43H2,1-4H3,(H,51,56). The molecule has 4 fully saturated rings. The topological polar surface area (TPSA) is 67.9 Å². The van der Waals surface area contributed by atoms with E-state index in [1.54, 1.807) is 0 Å². The van der Waals surface area contributed by atoms with E-state index in [0.717, 1.165) is 82.5 Å². The first-order chi connectivity index (χ1) is 27.4. The van der Waals surface area contributed by atoms with Gasteiger partial charge >= 0.3 is 0 Å². The number of rotatable bonds is 38. The highest BCUT2D eigenvalue weighted by molar-refractivity contribution is 5.83. The molecule has 2 N–H and O–H groups in total. The second-order valence-corrected chi connectivity index (χ2v) is 19.1. The van der Waals surface area contributed by atoms with Crippen molar-refractivity contribution < 1.29 is 9.59 Å². The molecule has 4 aliphatic rings. The summed E-state index contributed by atoms with van der Waals surface area (Å²) in [6, 6.07) is 0. The fourth-order valence-electron chi connectivity index (χ4n) is 11.0. The highest BCUT2D eigenvalue weighted by atomic mass is 16.2. The van der Waals surface area contributed by atoms with Gasteiger partial charge in [-0.25, -0.2) is 0 Å². The van der Waals surface area contributed by atoms with Crippen LogP contribution in [0.1, 0.15) is 207 Å². The van der Waals surface area contributed by atoms with Crippen molar-refractivity contribution in [1.82, 2.24) is 25.3 Å². The molecule has 4 bridgehead atoms. The lowest BCUT2D eigenvalue weighted by atomic mass is 9.49. The average molecular weight is 786 g/mol. The Labute approximate surface area is 348 Å². The Morgan fingerprint density at radius 1 is 0.482 bits per heavy atom. The van der Waals surface area contributed by atoms with E-state index in [1.807, 2.05) is 0 Å².